The number of likely N-dealkylation sites (N-methyl/N-ethyl adjacent to an activating group) is 1. The quantitative estimate of drug-likeness (QED) is 0.887. The van der Waals surface area contributed by atoms with E-state index < -0.39 is 0 Å². The Labute approximate surface area is 148 Å². The van der Waals surface area contributed by atoms with Gasteiger partial charge >= 0.3 is 0 Å². The lowest BCUT2D eigenvalue weighted by molar-refractivity contribution is 0.0777. The van der Waals surface area contributed by atoms with Gasteiger partial charge in [0.1, 0.15) is 0 Å². The number of aliphatic hydroxyl groups excluding tert-OH is 1. The van der Waals surface area contributed by atoms with Crippen LogP contribution in [0, 0.1) is 11.8 Å². The van der Waals surface area contributed by atoms with E-state index in [0.29, 0.717) is 23.0 Å². The highest BCUT2D eigenvalue weighted by Crippen LogP contribution is 2.26. The van der Waals surface area contributed by atoms with Gasteiger partial charge in [0.25, 0.3) is 5.91 Å². The van der Waals surface area contributed by atoms with Crippen LogP contribution in [0.3, 0.4) is 0 Å². The fraction of sp³-hybridized carbons (Fsp3) is 0.611. The third kappa shape index (κ3) is 4.09. The molecule has 132 valence electrons. The molecular formula is C18H26ClN3O2. The van der Waals surface area contributed by atoms with Crippen molar-refractivity contribution in [1.29, 1.82) is 0 Å². The lowest BCUT2D eigenvalue weighted by atomic mass is 9.96. The van der Waals surface area contributed by atoms with Crippen LogP contribution in [0.5, 0.6) is 0 Å². The first-order valence-electron chi connectivity index (χ1n) is 8.63. The Kier molecular flexibility index (Phi) is 5.76. The summed E-state index contributed by atoms with van der Waals surface area (Å²) in [5.74, 6) is 0.543. The lowest BCUT2D eigenvalue weighted by Crippen LogP contribution is -2.47. The Balaban J connectivity index is 1.61. The number of aliphatic hydroxyl groups is 1. The first kappa shape index (κ1) is 17.7. The molecule has 0 aliphatic carbocycles. The van der Waals surface area contributed by atoms with Crippen LogP contribution in [0.4, 0.5) is 0 Å². The molecule has 2 aliphatic rings. The van der Waals surface area contributed by atoms with Crippen molar-refractivity contribution in [3.8, 4) is 0 Å². The van der Waals surface area contributed by atoms with Gasteiger partial charge in [0, 0.05) is 68.9 Å². The Morgan fingerprint density at radius 1 is 1.12 bits per heavy atom. The van der Waals surface area contributed by atoms with Crippen molar-refractivity contribution in [2.75, 3.05) is 59.5 Å². The van der Waals surface area contributed by atoms with Crippen molar-refractivity contribution >= 4 is 17.5 Å². The predicted octanol–water partition coefficient (Wildman–Crippen LogP) is 1.27. The molecule has 2 heterocycles. The van der Waals surface area contributed by atoms with Crippen LogP contribution in [-0.2, 0) is 0 Å². The fourth-order valence-corrected chi connectivity index (χ4v) is 3.78. The molecule has 2 atom stereocenters. The fourth-order valence-electron chi connectivity index (χ4n) is 3.66. The smallest absolute Gasteiger partial charge is 0.253 e. The predicted molar refractivity (Wildman–Crippen MR) is 95.4 cm³/mol. The van der Waals surface area contributed by atoms with E-state index in [9.17, 15) is 9.90 Å². The maximum atomic E-state index is 12.7. The molecule has 0 spiro atoms. The van der Waals surface area contributed by atoms with Crippen molar-refractivity contribution < 1.29 is 9.90 Å². The normalized spacial score (nSPS) is 26.0. The molecule has 6 heteroatoms. The van der Waals surface area contributed by atoms with E-state index in [1.54, 1.807) is 24.3 Å². The third-order valence-corrected chi connectivity index (χ3v) is 5.53. The minimum atomic E-state index is 0.0333. The second-order valence-corrected chi connectivity index (χ2v) is 7.46. The molecule has 0 saturated carbocycles. The Morgan fingerprint density at radius 3 is 2.38 bits per heavy atom. The summed E-state index contributed by atoms with van der Waals surface area (Å²) in [5.41, 5.74) is 0.663. The van der Waals surface area contributed by atoms with Crippen molar-refractivity contribution in [3.05, 3.63) is 34.9 Å². The van der Waals surface area contributed by atoms with Crippen LogP contribution in [0.15, 0.2) is 24.3 Å². The zero-order valence-electron chi connectivity index (χ0n) is 14.2. The van der Waals surface area contributed by atoms with Gasteiger partial charge in [-0.15, -0.1) is 0 Å². The summed E-state index contributed by atoms with van der Waals surface area (Å²) in [5, 5.41) is 10.4. The average Bonchev–Trinajstić information content (AvgIpc) is 3.00. The average molecular weight is 352 g/mol. The number of piperazine rings is 1. The minimum Gasteiger partial charge on any atom is -0.396 e. The molecule has 0 bridgehead atoms. The topological polar surface area (TPSA) is 47.0 Å². The molecule has 1 N–H and O–H groups in total. The molecule has 24 heavy (non-hydrogen) atoms. The van der Waals surface area contributed by atoms with Gasteiger partial charge in [-0.2, -0.15) is 0 Å². The van der Waals surface area contributed by atoms with Crippen LogP contribution < -0.4 is 0 Å². The monoisotopic (exact) mass is 351 g/mol. The Morgan fingerprint density at radius 2 is 1.75 bits per heavy atom. The molecule has 1 aromatic rings. The van der Waals surface area contributed by atoms with Gasteiger partial charge < -0.3 is 19.8 Å². The number of benzene rings is 1. The highest BCUT2D eigenvalue weighted by atomic mass is 35.5. The summed E-state index contributed by atoms with van der Waals surface area (Å²) >= 11 is 5.90. The molecule has 2 aliphatic heterocycles. The van der Waals surface area contributed by atoms with E-state index in [0.717, 1.165) is 39.3 Å². The Bertz CT molecular complexity index is 558. The van der Waals surface area contributed by atoms with E-state index in [1.165, 1.54) is 0 Å². The molecule has 1 aromatic carbocycles. The zero-order valence-corrected chi connectivity index (χ0v) is 15.0. The molecule has 0 radical (unpaired) electrons. The second-order valence-electron chi connectivity index (χ2n) is 7.02. The maximum Gasteiger partial charge on any atom is 0.253 e. The van der Waals surface area contributed by atoms with E-state index >= 15 is 0 Å². The van der Waals surface area contributed by atoms with E-state index in [-0.39, 0.29) is 18.4 Å². The van der Waals surface area contributed by atoms with Gasteiger partial charge in [-0.25, -0.2) is 0 Å². The summed E-state index contributed by atoms with van der Waals surface area (Å²) in [4.78, 5) is 19.4. The first-order valence-corrected chi connectivity index (χ1v) is 9.01. The molecule has 0 aromatic heterocycles. The summed E-state index contributed by atoms with van der Waals surface area (Å²) < 4.78 is 0. The van der Waals surface area contributed by atoms with Gasteiger partial charge in [-0.3, -0.25) is 4.79 Å². The minimum absolute atomic E-state index is 0.0333. The summed E-state index contributed by atoms with van der Waals surface area (Å²) in [6.45, 7) is 6.77. The number of rotatable bonds is 4. The van der Waals surface area contributed by atoms with Crippen LogP contribution >= 0.6 is 11.6 Å². The number of carbonyl (C=O) groups excluding carboxylic acids is 1. The lowest BCUT2D eigenvalue weighted by Gasteiger charge is -2.34. The molecular weight excluding hydrogens is 326 g/mol. The number of carbonyl (C=O) groups is 1. The van der Waals surface area contributed by atoms with Gasteiger partial charge in [0.05, 0.1) is 0 Å². The van der Waals surface area contributed by atoms with Crippen molar-refractivity contribution in [2.24, 2.45) is 11.8 Å². The number of hydrogen-bond acceptors (Lipinski definition) is 4. The largest absolute Gasteiger partial charge is 0.396 e. The molecule has 1 amide bonds. The SMILES string of the molecule is CN1CCN(CC2CN(C(=O)c3ccc(Cl)cc3)CC2CO)CC1. The van der Waals surface area contributed by atoms with Gasteiger partial charge in [0.2, 0.25) is 0 Å². The van der Waals surface area contributed by atoms with E-state index in [2.05, 4.69) is 16.8 Å². The third-order valence-electron chi connectivity index (χ3n) is 5.28. The summed E-state index contributed by atoms with van der Waals surface area (Å²) in [6.07, 6.45) is 0. The zero-order chi connectivity index (χ0) is 17.1. The van der Waals surface area contributed by atoms with Crippen LogP contribution in [0.1, 0.15) is 10.4 Å². The summed E-state index contributed by atoms with van der Waals surface area (Å²) in [7, 11) is 2.15. The van der Waals surface area contributed by atoms with Gasteiger partial charge in [-0.1, -0.05) is 11.6 Å². The standard InChI is InChI=1S/C18H26ClN3O2/c1-20-6-8-21(9-7-20)10-15-11-22(12-16(15)13-23)18(24)14-2-4-17(19)5-3-14/h2-5,15-16,23H,6-13H2,1H3. The number of nitrogens with zero attached hydrogens (tertiary/aromatic N) is 3. The van der Waals surface area contributed by atoms with Gasteiger partial charge in [-0.05, 0) is 37.2 Å². The highest BCUT2D eigenvalue weighted by Gasteiger charge is 2.36. The molecule has 3 rings (SSSR count). The van der Waals surface area contributed by atoms with Crippen LogP contribution in [0.2, 0.25) is 5.02 Å². The molecule has 2 saturated heterocycles. The maximum absolute atomic E-state index is 12.7. The van der Waals surface area contributed by atoms with E-state index in [1.807, 2.05) is 4.90 Å². The number of amides is 1. The van der Waals surface area contributed by atoms with Crippen molar-refractivity contribution in [1.82, 2.24) is 14.7 Å². The summed E-state index contributed by atoms with van der Waals surface area (Å²) in [6, 6.07) is 7.03. The van der Waals surface area contributed by atoms with Crippen molar-refractivity contribution in [3.63, 3.8) is 0 Å². The number of halogens is 1. The highest BCUT2D eigenvalue weighted by molar-refractivity contribution is 6.30. The second kappa shape index (κ2) is 7.83. The van der Waals surface area contributed by atoms with Crippen LogP contribution in [-0.4, -0.2) is 85.2 Å². The van der Waals surface area contributed by atoms with Gasteiger partial charge in [0.15, 0.2) is 0 Å². The molecule has 2 fully saturated rings. The Hall–Kier alpha value is -1.14. The molecule has 5 nitrogen and oxygen atoms in total. The van der Waals surface area contributed by atoms with Crippen molar-refractivity contribution in [2.45, 2.75) is 0 Å². The molecule has 2 unspecified atom stereocenters. The number of likely N-dealkylation sites (tertiary alicyclic amines) is 1. The van der Waals surface area contributed by atoms with Crippen LogP contribution in [0.25, 0.3) is 0 Å². The van der Waals surface area contributed by atoms with E-state index in [4.69, 9.17) is 11.6 Å². The number of hydrogen-bond donors (Lipinski definition) is 1. The first-order chi connectivity index (χ1) is 11.6.